The third-order valence-electron chi connectivity index (χ3n) is 4.41. The van der Waals surface area contributed by atoms with Crippen molar-refractivity contribution in [2.75, 3.05) is 24.7 Å². The Labute approximate surface area is 169 Å². The molecule has 0 aliphatic carbocycles. The van der Waals surface area contributed by atoms with Crippen molar-refractivity contribution < 1.29 is 13.2 Å². The van der Waals surface area contributed by atoms with Crippen LogP contribution in [0.3, 0.4) is 0 Å². The number of hydrogen-bond donors (Lipinski definition) is 1. The highest BCUT2D eigenvalue weighted by molar-refractivity contribution is 7.98. The topological polar surface area (TPSA) is 66.5 Å². The third kappa shape index (κ3) is 4.38. The van der Waals surface area contributed by atoms with E-state index in [1.807, 2.05) is 48.7 Å². The lowest BCUT2D eigenvalue weighted by molar-refractivity contribution is -0.116. The Kier molecular flexibility index (Phi) is 6.39. The second kappa shape index (κ2) is 8.77. The van der Waals surface area contributed by atoms with Crippen LogP contribution in [0.25, 0.3) is 10.8 Å². The van der Waals surface area contributed by atoms with Crippen LogP contribution in [0.1, 0.15) is 6.92 Å². The molecule has 0 aliphatic heterocycles. The molecule has 0 atom stereocenters. The molecule has 0 aromatic heterocycles. The van der Waals surface area contributed by atoms with Crippen molar-refractivity contribution >= 4 is 44.2 Å². The average Bonchev–Trinajstić information content (AvgIpc) is 2.71. The molecule has 0 saturated heterocycles. The van der Waals surface area contributed by atoms with Crippen molar-refractivity contribution in [3.05, 3.63) is 66.7 Å². The van der Waals surface area contributed by atoms with Gasteiger partial charge in [-0.2, -0.15) is 4.31 Å². The fraction of sp³-hybridized carbons (Fsp3) is 0.190. The molecule has 1 N–H and O–H groups in total. The van der Waals surface area contributed by atoms with Crippen LogP contribution < -0.4 is 5.32 Å². The quantitative estimate of drug-likeness (QED) is 0.588. The molecule has 0 bridgehead atoms. The summed E-state index contributed by atoms with van der Waals surface area (Å²) in [6.45, 7) is 1.68. The molecule has 3 rings (SSSR count). The SMILES string of the molecule is CCN(CC(=O)Nc1ccccc1SC)S(=O)(=O)c1ccc2ccccc2c1. The summed E-state index contributed by atoms with van der Waals surface area (Å²) in [5.74, 6) is -0.368. The Morgan fingerprint density at radius 1 is 1.00 bits per heavy atom. The molecule has 0 spiro atoms. The van der Waals surface area contributed by atoms with Gasteiger partial charge in [-0.15, -0.1) is 11.8 Å². The lowest BCUT2D eigenvalue weighted by Crippen LogP contribution is -2.37. The second-order valence-electron chi connectivity index (χ2n) is 6.19. The summed E-state index contributed by atoms with van der Waals surface area (Å²) in [5.41, 5.74) is 0.680. The molecule has 0 saturated carbocycles. The van der Waals surface area contributed by atoms with Crippen molar-refractivity contribution in [1.29, 1.82) is 0 Å². The summed E-state index contributed by atoms with van der Waals surface area (Å²) in [7, 11) is -3.78. The third-order valence-corrected chi connectivity index (χ3v) is 7.13. The summed E-state index contributed by atoms with van der Waals surface area (Å²) in [4.78, 5) is 13.6. The van der Waals surface area contributed by atoms with Crippen molar-refractivity contribution in [1.82, 2.24) is 4.31 Å². The predicted molar refractivity (Wildman–Crippen MR) is 115 cm³/mol. The van der Waals surface area contributed by atoms with Gasteiger partial charge in [0.2, 0.25) is 15.9 Å². The van der Waals surface area contributed by atoms with Gasteiger partial charge in [0.1, 0.15) is 0 Å². The van der Waals surface area contributed by atoms with Crippen LogP contribution in [0, 0.1) is 0 Å². The molecule has 3 aromatic carbocycles. The van der Waals surface area contributed by atoms with E-state index in [0.29, 0.717) is 5.69 Å². The number of benzene rings is 3. The molecule has 0 heterocycles. The maximum Gasteiger partial charge on any atom is 0.243 e. The van der Waals surface area contributed by atoms with Crippen LogP contribution in [0.2, 0.25) is 0 Å². The number of hydrogen-bond acceptors (Lipinski definition) is 4. The highest BCUT2D eigenvalue weighted by atomic mass is 32.2. The van der Waals surface area contributed by atoms with Gasteiger partial charge >= 0.3 is 0 Å². The Morgan fingerprint density at radius 2 is 1.68 bits per heavy atom. The number of carbonyl (C=O) groups is 1. The number of rotatable bonds is 7. The van der Waals surface area contributed by atoms with Crippen LogP contribution in [-0.4, -0.2) is 38.0 Å². The van der Waals surface area contributed by atoms with Crippen LogP contribution in [-0.2, 0) is 14.8 Å². The van der Waals surface area contributed by atoms with E-state index in [0.717, 1.165) is 15.7 Å². The van der Waals surface area contributed by atoms with Crippen molar-refractivity contribution in [2.24, 2.45) is 0 Å². The van der Waals surface area contributed by atoms with Gasteiger partial charge in [0.15, 0.2) is 0 Å². The summed E-state index contributed by atoms with van der Waals surface area (Å²) in [6, 6.07) is 20.0. The summed E-state index contributed by atoms with van der Waals surface area (Å²) in [6.07, 6.45) is 1.92. The molecule has 1 amide bonds. The number of nitrogens with zero attached hydrogens (tertiary/aromatic N) is 1. The average molecular weight is 415 g/mol. The van der Waals surface area contributed by atoms with Crippen LogP contribution in [0.5, 0.6) is 0 Å². The molecule has 0 unspecified atom stereocenters. The molecular weight excluding hydrogens is 392 g/mol. The molecule has 0 fully saturated rings. The number of amides is 1. The molecule has 146 valence electrons. The number of sulfonamides is 1. The van der Waals surface area contributed by atoms with Gasteiger partial charge in [0, 0.05) is 11.4 Å². The maximum absolute atomic E-state index is 13.1. The first-order chi connectivity index (χ1) is 13.5. The highest BCUT2D eigenvalue weighted by Crippen LogP contribution is 2.25. The van der Waals surface area contributed by atoms with E-state index in [2.05, 4.69) is 5.32 Å². The van der Waals surface area contributed by atoms with E-state index in [9.17, 15) is 13.2 Å². The highest BCUT2D eigenvalue weighted by Gasteiger charge is 2.25. The lowest BCUT2D eigenvalue weighted by atomic mass is 10.1. The number of nitrogens with one attached hydrogen (secondary N) is 1. The van der Waals surface area contributed by atoms with Crippen LogP contribution in [0.15, 0.2) is 76.5 Å². The van der Waals surface area contributed by atoms with Gasteiger partial charge in [0.25, 0.3) is 0 Å². The van der Waals surface area contributed by atoms with Gasteiger partial charge in [-0.25, -0.2) is 8.42 Å². The monoisotopic (exact) mass is 414 g/mol. The predicted octanol–water partition coefficient (Wildman–Crippen LogP) is 4.21. The Hall–Kier alpha value is -2.35. The number of carbonyl (C=O) groups excluding carboxylic acids is 1. The van der Waals surface area contributed by atoms with E-state index in [1.165, 1.54) is 16.1 Å². The van der Waals surface area contributed by atoms with E-state index in [1.54, 1.807) is 31.2 Å². The van der Waals surface area contributed by atoms with Crippen LogP contribution in [0.4, 0.5) is 5.69 Å². The van der Waals surface area contributed by atoms with Gasteiger partial charge < -0.3 is 5.32 Å². The molecule has 5 nitrogen and oxygen atoms in total. The summed E-state index contributed by atoms with van der Waals surface area (Å²) >= 11 is 1.52. The largest absolute Gasteiger partial charge is 0.324 e. The second-order valence-corrected chi connectivity index (χ2v) is 8.97. The van der Waals surface area contributed by atoms with E-state index in [-0.39, 0.29) is 23.9 Å². The first kappa shape index (κ1) is 20.4. The number of anilines is 1. The van der Waals surface area contributed by atoms with E-state index >= 15 is 0 Å². The van der Waals surface area contributed by atoms with Crippen molar-refractivity contribution in [3.63, 3.8) is 0 Å². The van der Waals surface area contributed by atoms with Gasteiger partial charge in [-0.05, 0) is 41.3 Å². The zero-order chi connectivity index (χ0) is 20.1. The first-order valence-corrected chi connectivity index (χ1v) is 11.5. The zero-order valence-electron chi connectivity index (χ0n) is 15.8. The Balaban J connectivity index is 1.81. The normalized spacial score (nSPS) is 11.7. The number of likely N-dealkylation sites (N-methyl/N-ethyl adjacent to an activating group) is 1. The molecule has 0 radical (unpaired) electrons. The molecular formula is C21H22N2O3S2. The van der Waals surface area contributed by atoms with Gasteiger partial charge in [0.05, 0.1) is 17.1 Å². The minimum Gasteiger partial charge on any atom is -0.324 e. The van der Waals surface area contributed by atoms with Crippen molar-refractivity contribution in [2.45, 2.75) is 16.7 Å². The minimum absolute atomic E-state index is 0.186. The fourth-order valence-corrected chi connectivity index (χ4v) is 4.94. The van der Waals surface area contributed by atoms with Crippen LogP contribution >= 0.6 is 11.8 Å². The molecule has 0 aliphatic rings. The molecule has 28 heavy (non-hydrogen) atoms. The van der Waals surface area contributed by atoms with Crippen molar-refractivity contribution in [3.8, 4) is 0 Å². The molecule has 3 aromatic rings. The molecule has 7 heteroatoms. The number of fused-ring (bicyclic) bond motifs is 1. The maximum atomic E-state index is 13.1. The first-order valence-electron chi connectivity index (χ1n) is 8.87. The van der Waals surface area contributed by atoms with E-state index in [4.69, 9.17) is 0 Å². The lowest BCUT2D eigenvalue weighted by Gasteiger charge is -2.20. The minimum atomic E-state index is -3.78. The zero-order valence-corrected chi connectivity index (χ0v) is 17.4. The summed E-state index contributed by atoms with van der Waals surface area (Å²) in [5, 5.41) is 4.63. The smallest absolute Gasteiger partial charge is 0.243 e. The van der Waals surface area contributed by atoms with E-state index < -0.39 is 10.0 Å². The van der Waals surface area contributed by atoms with Gasteiger partial charge in [-0.3, -0.25) is 4.79 Å². The number of para-hydroxylation sites is 1. The standard InChI is InChI=1S/C21H22N2O3S2/c1-3-23(15-21(24)22-19-10-6-7-11-20(19)27-2)28(25,26)18-13-12-16-8-4-5-9-17(16)14-18/h4-14H,3,15H2,1-2H3,(H,22,24). The van der Waals surface area contributed by atoms with Gasteiger partial charge in [-0.1, -0.05) is 49.4 Å². The number of thioether (sulfide) groups is 1. The Bertz CT molecular complexity index is 1100. The fourth-order valence-electron chi connectivity index (χ4n) is 2.94. The summed E-state index contributed by atoms with van der Waals surface area (Å²) < 4.78 is 27.3. The Morgan fingerprint density at radius 3 is 2.39 bits per heavy atom.